The molecule has 1 unspecified atom stereocenters. The van der Waals surface area contributed by atoms with Crippen LogP contribution in [0.25, 0.3) is 0 Å². The van der Waals surface area contributed by atoms with Crippen LogP contribution in [0.5, 0.6) is 5.75 Å². The zero-order chi connectivity index (χ0) is 14.9. The molecule has 0 saturated carbocycles. The van der Waals surface area contributed by atoms with Crippen LogP contribution in [0.2, 0.25) is 5.02 Å². The average molecular weight is 355 g/mol. The van der Waals surface area contributed by atoms with E-state index in [4.69, 9.17) is 22.1 Å². The summed E-state index contributed by atoms with van der Waals surface area (Å²) >= 11 is 6.04. The number of sulfonamides is 1. The van der Waals surface area contributed by atoms with E-state index in [2.05, 4.69) is 0 Å². The van der Waals surface area contributed by atoms with Gasteiger partial charge in [-0.1, -0.05) is 11.6 Å². The van der Waals surface area contributed by atoms with Crippen molar-refractivity contribution in [3.05, 3.63) is 22.7 Å². The SMILES string of the molecule is COc1cc(C)c(S(=O)(=O)N2CCCC(N)C2)cc1Cl.Cl. The molecule has 2 rings (SSSR count). The lowest BCUT2D eigenvalue weighted by Gasteiger charge is -2.30. The van der Waals surface area contributed by atoms with Crippen LogP contribution in [0.3, 0.4) is 0 Å². The number of ether oxygens (including phenoxy) is 1. The third-order valence-corrected chi connectivity index (χ3v) is 5.79. The highest BCUT2D eigenvalue weighted by molar-refractivity contribution is 7.89. The number of aryl methyl sites for hydroxylation is 1. The van der Waals surface area contributed by atoms with Crippen LogP contribution in [0.15, 0.2) is 17.0 Å². The van der Waals surface area contributed by atoms with Crippen LogP contribution >= 0.6 is 24.0 Å². The minimum Gasteiger partial charge on any atom is -0.495 e. The van der Waals surface area contributed by atoms with Gasteiger partial charge in [0.15, 0.2) is 0 Å². The van der Waals surface area contributed by atoms with Gasteiger partial charge in [0.05, 0.1) is 17.0 Å². The van der Waals surface area contributed by atoms with Gasteiger partial charge in [0.25, 0.3) is 0 Å². The molecule has 1 aromatic carbocycles. The molecule has 0 bridgehead atoms. The Labute approximate surface area is 136 Å². The van der Waals surface area contributed by atoms with Crippen LogP contribution in [0.1, 0.15) is 18.4 Å². The first-order valence-corrected chi connectivity index (χ1v) is 8.28. The molecular formula is C13H20Cl2N2O3S. The van der Waals surface area contributed by atoms with Crippen molar-refractivity contribution in [2.24, 2.45) is 5.73 Å². The van der Waals surface area contributed by atoms with Crippen LogP contribution in [-0.4, -0.2) is 39.0 Å². The van der Waals surface area contributed by atoms with E-state index in [0.29, 0.717) is 24.4 Å². The monoisotopic (exact) mass is 354 g/mol. The zero-order valence-electron chi connectivity index (χ0n) is 12.0. The lowest BCUT2D eigenvalue weighted by molar-refractivity contribution is 0.316. The predicted octanol–water partition coefficient (Wildman–Crippen LogP) is 2.19. The zero-order valence-corrected chi connectivity index (χ0v) is 14.4. The molecule has 0 aliphatic carbocycles. The van der Waals surface area contributed by atoms with Crippen molar-refractivity contribution in [2.75, 3.05) is 20.2 Å². The van der Waals surface area contributed by atoms with Crippen molar-refractivity contribution in [1.82, 2.24) is 4.31 Å². The second-order valence-electron chi connectivity index (χ2n) is 5.02. The third kappa shape index (κ3) is 3.81. The van der Waals surface area contributed by atoms with E-state index in [0.717, 1.165) is 12.8 Å². The van der Waals surface area contributed by atoms with E-state index < -0.39 is 10.0 Å². The maximum atomic E-state index is 12.7. The molecule has 1 aromatic rings. The summed E-state index contributed by atoms with van der Waals surface area (Å²) in [5.74, 6) is 0.471. The molecule has 0 aromatic heterocycles. The Morgan fingerprint density at radius 3 is 2.67 bits per heavy atom. The maximum absolute atomic E-state index is 12.7. The molecule has 1 aliphatic heterocycles. The summed E-state index contributed by atoms with van der Waals surface area (Å²) in [7, 11) is -2.06. The highest BCUT2D eigenvalue weighted by Crippen LogP contribution is 2.32. The molecule has 21 heavy (non-hydrogen) atoms. The highest BCUT2D eigenvalue weighted by atomic mass is 35.5. The fourth-order valence-corrected chi connectivity index (χ4v) is 4.48. The molecule has 2 N–H and O–H groups in total. The quantitative estimate of drug-likeness (QED) is 0.902. The number of benzene rings is 1. The molecule has 0 amide bonds. The summed E-state index contributed by atoms with van der Waals surface area (Å²) in [6.07, 6.45) is 1.64. The molecule has 1 heterocycles. The van der Waals surface area contributed by atoms with Crippen molar-refractivity contribution in [2.45, 2.75) is 30.7 Å². The predicted molar refractivity (Wildman–Crippen MR) is 86.0 cm³/mol. The van der Waals surface area contributed by atoms with Gasteiger partial charge in [0.1, 0.15) is 5.75 Å². The topological polar surface area (TPSA) is 72.6 Å². The smallest absolute Gasteiger partial charge is 0.243 e. The van der Waals surface area contributed by atoms with Gasteiger partial charge < -0.3 is 10.5 Å². The Morgan fingerprint density at radius 1 is 1.43 bits per heavy atom. The second-order valence-corrected chi connectivity index (χ2v) is 7.33. The summed E-state index contributed by atoms with van der Waals surface area (Å²) in [5.41, 5.74) is 6.48. The van der Waals surface area contributed by atoms with Crippen LogP contribution in [0.4, 0.5) is 0 Å². The standard InChI is InChI=1S/C13H19ClN2O3S.ClH/c1-9-6-12(19-2)11(14)7-13(9)20(17,18)16-5-3-4-10(15)8-16;/h6-7,10H,3-5,8,15H2,1-2H3;1H. The van der Waals surface area contributed by atoms with Crippen molar-refractivity contribution in [3.63, 3.8) is 0 Å². The fraction of sp³-hybridized carbons (Fsp3) is 0.538. The number of methoxy groups -OCH3 is 1. The lowest BCUT2D eigenvalue weighted by Crippen LogP contribution is -2.45. The highest BCUT2D eigenvalue weighted by Gasteiger charge is 2.30. The Balaban J connectivity index is 0.00000220. The molecule has 1 atom stereocenters. The maximum Gasteiger partial charge on any atom is 0.243 e. The summed E-state index contributed by atoms with van der Waals surface area (Å²) in [5, 5.41) is 0.290. The number of piperidine rings is 1. The number of nitrogens with two attached hydrogens (primary N) is 1. The van der Waals surface area contributed by atoms with Gasteiger partial charge in [0, 0.05) is 19.1 Å². The molecule has 0 radical (unpaired) electrons. The molecule has 120 valence electrons. The number of hydrogen-bond acceptors (Lipinski definition) is 4. The Morgan fingerprint density at radius 2 is 2.10 bits per heavy atom. The second kappa shape index (κ2) is 7.15. The average Bonchev–Trinajstić information content (AvgIpc) is 2.40. The third-order valence-electron chi connectivity index (χ3n) is 3.49. The van der Waals surface area contributed by atoms with E-state index in [1.165, 1.54) is 17.5 Å². The minimum absolute atomic E-state index is 0. The first kappa shape index (κ1) is 18.5. The molecule has 1 saturated heterocycles. The van der Waals surface area contributed by atoms with Crippen LogP contribution in [-0.2, 0) is 10.0 Å². The number of hydrogen-bond donors (Lipinski definition) is 1. The van der Waals surface area contributed by atoms with Crippen molar-refractivity contribution < 1.29 is 13.2 Å². The Bertz CT molecular complexity index is 608. The molecule has 1 aliphatic rings. The van der Waals surface area contributed by atoms with Gasteiger partial charge in [-0.05, 0) is 37.5 Å². The summed E-state index contributed by atoms with van der Waals surface area (Å²) in [4.78, 5) is 0.220. The van der Waals surface area contributed by atoms with Gasteiger partial charge in [-0.2, -0.15) is 4.31 Å². The van der Waals surface area contributed by atoms with E-state index in [1.807, 2.05) is 0 Å². The largest absolute Gasteiger partial charge is 0.495 e. The Hall–Kier alpha value is -0.530. The van der Waals surface area contributed by atoms with Crippen molar-refractivity contribution >= 4 is 34.0 Å². The van der Waals surface area contributed by atoms with E-state index in [-0.39, 0.29) is 28.4 Å². The number of rotatable bonds is 3. The van der Waals surface area contributed by atoms with Crippen molar-refractivity contribution in [3.8, 4) is 5.75 Å². The number of halogens is 2. The van der Waals surface area contributed by atoms with Gasteiger partial charge in [-0.3, -0.25) is 0 Å². The van der Waals surface area contributed by atoms with E-state index in [9.17, 15) is 8.42 Å². The van der Waals surface area contributed by atoms with Crippen LogP contribution in [0, 0.1) is 6.92 Å². The molecule has 8 heteroatoms. The van der Waals surface area contributed by atoms with Crippen molar-refractivity contribution in [1.29, 1.82) is 0 Å². The molecule has 0 spiro atoms. The molecule has 1 fully saturated rings. The first-order valence-electron chi connectivity index (χ1n) is 6.46. The Kier molecular flexibility index (Phi) is 6.31. The van der Waals surface area contributed by atoms with E-state index in [1.54, 1.807) is 13.0 Å². The van der Waals surface area contributed by atoms with Gasteiger partial charge >= 0.3 is 0 Å². The normalized spacial score (nSPS) is 19.9. The number of nitrogens with zero attached hydrogens (tertiary/aromatic N) is 1. The van der Waals surface area contributed by atoms with Crippen LogP contribution < -0.4 is 10.5 Å². The summed E-state index contributed by atoms with van der Waals surface area (Å²) in [6.45, 7) is 2.58. The van der Waals surface area contributed by atoms with Gasteiger partial charge in [-0.15, -0.1) is 12.4 Å². The molecular weight excluding hydrogens is 335 g/mol. The minimum atomic E-state index is -3.56. The first-order chi connectivity index (χ1) is 9.36. The lowest BCUT2D eigenvalue weighted by atomic mass is 10.1. The fourth-order valence-electron chi connectivity index (χ4n) is 2.40. The molecule has 5 nitrogen and oxygen atoms in total. The van der Waals surface area contributed by atoms with Gasteiger partial charge in [-0.25, -0.2) is 8.42 Å². The summed E-state index contributed by atoms with van der Waals surface area (Å²) in [6, 6.07) is 2.98. The van der Waals surface area contributed by atoms with E-state index >= 15 is 0 Å². The van der Waals surface area contributed by atoms with Gasteiger partial charge in [0.2, 0.25) is 10.0 Å². The summed E-state index contributed by atoms with van der Waals surface area (Å²) < 4.78 is 31.9.